The van der Waals surface area contributed by atoms with Crippen LogP contribution in [-0.2, 0) is 6.54 Å². The van der Waals surface area contributed by atoms with E-state index in [9.17, 15) is 4.79 Å². The SMILES string of the molecule is COc1cccc(CN2CCCC[C@@H]2c2cc3nc(C)cc(=O)n3[nH]2)c1. The molecule has 136 valence electrons. The van der Waals surface area contributed by atoms with Crippen molar-refractivity contribution in [2.24, 2.45) is 0 Å². The Kier molecular flexibility index (Phi) is 4.51. The van der Waals surface area contributed by atoms with Crippen LogP contribution in [0.4, 0.5) is 0 Å². The number of methoxy groups -OCH3 is 1. The second kappa shape index (κ2) is 6.96. The number of likely N-dealkylation sites (tertiary alicyclic amines) is 1. The number of benzene rings is 1. The first-order valence-corrected chi connectivity index (χ1v) is 9.10. The third-order valence-electron chi connectivity index (χ3n) is 5.09. The molecule has 0 saturated carbocycles. The second-order valence-corrected chi connectivity index (χ2v) is 6.97. The largest absolute Gasteiger partial charge is 0.497 e. The van der Waals surface area contributed by atoms with E-state index in [0.29, 0.717) is 5.65 Å². The first-order chi connectivity index (χ1) is 12.6. The van der Waals surface area contributed by atoms with Crippen LogP contribution in [0.2, 0.25) is 0 Å². The summed E-state index contributed by atoms with van der Waals surface area (Å²) in [6.45, 7) is 3.75. The number of aromatic amines is 1. The third kappa shape index (κ3) is 3.24. The van der Waals surface area contributed by atoms with Gasteiger partial charge in [-0.25, -0.2) is 9.50 Å². The molecule has 6 heteroatoms. The van der Waals surface area contributed by atoms with Gasteiger partial charge in [-0.05, 0) is 44.0 Å². The maximum Gasteiger partial charge on any atom is 0.272 e. The Morgan fingerprint density at radius 2 is 2.15 bits per heavy atom. The summed E-state index contributed by atoms with van der Waals surface area (Å²) in [4.78, 5) is 19.2. The molecule has 1 fully saturated rings. The number of aromatic nitrogens is 3. The number of nitrogens with one attached hydrogen (secondary N) is 1. The zero-order valence-electron chi connectivity index (χ0n) is 15.2. The number of hydrogen-bond donors (Lipinski definition) is 1. The Hall–Kier alpha value is -2.60. The van der Waals surface area contributed by atoms with Gasteiger partial charge in [0.15, 0.2) is 5.65 Å². The number of rotatable bonds is 4. The molecule has 1 N–H and O–H groups in total. The Labute approximate surface area is 152 Å². The summed E-state index contributed by atoms with van der Waals surface area (Å²) in [6.07, 6.45) is 3.46. The Bertz CT molecular complexity index is 975. The van der Waals surface area contributed by atoms with Crippen molar-refractivity contribution in [3.63, 3.8) is 0 Å². The molecule has 1 saturated heterocycles. The van der Waals surface area contributed by atoms with Crippen LogP contribution in [0.1, 0.15) is 42.3 Å². The normalized spacial score (nSPS) is 18.3. The lowest BCUT2D eigenvalue weighted by Gasteiger charge is -2.35. The van der Waals surface area contributed by atoms with Crippen molar-refractivity contribution in [2.75, 3.05) is 13.7 Å². The van der Waals surface area contributed by atoms with Crippen molar-refractivity contribution in [1.29, 1.82) is 0 Å². The highest BCUT2D eigenvalue weighted by molar-refractivity contribution is 5.40. The smallest absolute Gasteiger partial charge is 0.272 e. The molecule has 3 heterocycles. The number of nitrogens with zero attached hydrogens (tertiary/aromatic N) is 3. The summed E-state index contributed by atoms with van der Waals surface area (Å²) in [5.41, 5.74) is 3.67. The Morgan fingerprint density at radius 1 is 1.27 bits per heavy atom. The van der Waals surface area contributed by atoms with Crippen LogP contribution >= 0.6 is 0 Å². The van der Waals surface area contributed by atoms with Gasteiger partial charge in [0.2, 0.25) is 0 Å². The van der Waals surface area contributed by atoms with E-state index in [-0.39, 0.29) is 11.6 Å². The van der Waals surface area contributed by atoms with E-state index in [2.05, 4.69) is 27.1 Å². The summed E-state index contributed by atoms with van der Waals surface area (Å²) < 4.78 is 6.89. The van der Waals surface area contributed by atoms with Crippen molar-refractivity contribution in [3.05, 3.63) is 63.7 Å². The molecule has 2 aromatic heterocycles. The molecular weight excluding hydrogens is 328 g/mol. The van der Waals surface area contributed by atoms with Gasteiger partial charge in [0.05, 0.1) is 18.8 Å². The number of aryl methyl sites for hydroxylation is 1. The van der Waals surface area contributed by atoms with Gasteiger partial charge < -0.3 is 4.74 Å². The first-order valence-electron chi connectivity index (χ1n) is 9.10. The van der Waals surface area contributed by atoms with Crippen LogP contribution in [0.3, 0.4) is 0 Å². The molecule has 0 spiro atoms. The molecule has 1 aliphatic heterocycles. The summed E-state index contributed by atoms with van der Waals surface area (Å²) in [5, 5.41) is 3.27. The summed E-state index contributed by atoms with van der Waals surface area (Å²) >= 11 is 0. The fourth-order valence-electron chi connectivity index (χ4n) is 3.84. The summed E-state index contributed by atoms with van der Waals surface area (Å²) in [7, 11) is 1.69. The highest BCUT2D eigenvalue weighted by atomic mass is 16.5. The van der Waals surface area contributed by atoms with E-state index in [4.69, 9.17) is 4.74 Å². The predicted octanol–water partition coefficient (Wildman–Crippen LogP) is 3.07. The van der Waals surface area contributed by atoms with Crippen LogP contribution in [0.5, 0.6) is 5.75 Å². The van der Waals surface area contributed by atoms with Gasteiger partial charge >= 0.3 is 0 Å². The van der Waals surface area contributed by atoms with Crippen LogP contribution in [0.15, 0.2) is 41.2 Å². The van der Waals surface area contributed by atoms with Crippen molar-refractivity contribution in [3.8, 4) is 5.75 Å². The van der Waals surface area contributed by atoms with Gasteiger partial charge in [0.1, 0.15) is 5.75 Å². The minimum atomic E-state index is -0.0612. The molecule has 1 aliphatic rings. The second-order valence-electron chi connectivity index (χ2n) is 6.97. The fourth-order valence-corrected chi connectivity index (χ4v) is 3.84. The molecule has 0 aliphatic carbocycles. The monoisotopic (exact) mass is 352 g/mol. The molecule has 0 radical (unpaired) electrons. The Morgan fingerprint density at radius 3 is 3.00 bits per heavy atom. The maximum atomic E-state index is 12.2. The van der Waals surface area contributed by atoms with E-state index in [1.165, 1.54) is 18.4 Å². The third-order valence-corrected chi connectivity index (χ3v) is 5.09. The molecule has 4 rings (SSSR count). The van der Waals surface area contributed by atoms with Crippen LogP contribution in [0, 0.1) is 6.92 Å². The molecule has 3 aromatic rings. The summed E-state index contributed by atoms with van der Waals surface area (Å²) in [5.74, 6) is 0.882. The topological polar surface area (TPSA) is 62.6 Å². The van der Waals surface area contributed by atoms with Crippen LogP contribution in [0.25, 0.3) is 5.65 Å². The summed E-state index contributed by atoms with van der Waals surface area (Å²) in [6, 6.07) is 12.1. The van der Waals surface area contributed by atoms with Crippen LogP contribution in [-0.4, -0.2) is 33.2 Å². The highest BCUT2D eigenvalue weighted by Crippen LogP contribution is 2.32. The lowest BCUT2D eigenvalue weighted by molar-refractivity contribution is 0.137. The molecule has 1 aromatic carbocycles. The zero-order valence-corrected chi connectivity index (χ0v) is 15.2. The van der Waals surface area contributed by atoms with Crippen LogP contribution < -0.4 is 10.3 Å². The fraction of sp³-hybridized carbons (Fsp3) is 0.400. The number of piperidine rings is 1. The van der Waals surface area contributed by atoms with E-state index in [0.717, 1.165) is 36.6 Å². The molecule has 0 amide bonds. The maximum absolute atomic E-state index is 12.2. The van der Waals surface area contributed by atoms with Gasteiger partial charge in [0, 0.05) is 24.4 Å². The van der Waals surface area contributed by atoms with Gasteiger partial charge in [-0.3, -0.25) is 14.8 Å². The predicted molar refractivity (Wildman–Crippen MR) is 101 cm³/mol. The van der Waals surface area contributed by atoms with Crippen molar-refractivity contribution in [1.82, 2.24) is 19.5 Å². The molecule has 1 atom stereocenters. The average Bonchev–Trinajstić information content (AvgIpc) is 3.06. The van der Waals surface area contributed by atoms with E-state index < -0.39 is 0 Å². The standard InChI is InChI=1S/C20H24N4O2/c1-14-10-20(25)24-19(21-14)12-17(22-24)18-8-3-4-9-23(18)13-15-6-5-7-16(11-15)26-2/h5-7,10-12,18,22H,3-4,8-9,13H2,1-2H3/t18-/m1/s1. The van der Waals surface area contributed by atoms with Gasteiger partial charge in [-0.15, -0.1) is 0 Å². The zero-order chi connectivity index (χ0) is 18.1. The number of fused-ring (bicyclic) bond motifs is 1. The lowest BCUT2D eigenvalue weighted by atomic mass is 9.98. The molecular formula is C20H24N4O2. The van der Waals surface area contributed by atoms with Crippen molar-refractivity contribution >= 4 is 5.65 Å². The first kappa shape index (κ1) is 16.8. The minimum absolute atomic E-state index is 0.0612. The van der Waals surface area contributed by atoms with E-state index in [1.807, 2.05) is 25.1 Å². The van der Waals surface area contributed by atoms with E-state index >= 15 is 0 Å². The van der Waals surface area contributed by atoms with Gasteiger partial charge in [0.25, 0.3) is 5.56 Å². The van der Waals surface area contributed by atoms with Crippen molar-refractivity contribution < 1.29 is 4.74 Å². The number of hydrogen-bond acceptors (Lipinski definition) is 4. The van der Waals surface area contributed by atoms with Gasteiger partial charge in [-0.2, -0.15) is 0 Å². The Balaban J connectivity index is 1.65. The van der Waals surface area contributed by atoms with E-state index in [1.54, 1.807) is 17.7 Å². The highest BCUT2D eigenvalue weighted by Gasteiger charge is 2.26. The molecule has 0 bridgehead atoms. The molecule has 26 heavy (non-hydrogen) atoms. The lowest BCUT2D eigenvalue weighted by Crippen LogP contribution is -2.33. The minimum Gasteiger partial charge on any atom is -0.497 e. The van der Waals surface area contributed by atoms with Crippen molar-refractivity contribution in [2.45, 2.75) is 38.8 Å². The van der Waals surface area contributed by atoms with Gasteiger partial charge in [-0.1, -0.05) is 18.6 Å². The quantitative estimate of drug-likeness (QED) is 0.784. The molecule has 6 nitrogen and oxygen atoms in total. The number of H-pyrrole nitrogens is 1. The molecule has 0 unspecified atom stereocenters. The number of ether oxygens (including phenoxy) is 1. The average molecular weight is 352 g/mol.